The number of aromatic nitrogens is 2. The van der Waals surface area contributed by atoms with E-state index in [1.165, 1.54) is 0 Å². The van der Waals surface area contributed by atoms with Gasteiger partial charge in [0.2, 0.25) is 5.91 Å². The minimum atomic E-state index is -0.199. The van der Waals surface area contributed by atoms with Crippen LogP contribution in [-0.2, 0) is 11.2 Å². The van der Waals surface area contributed by atoms with Crippen molar-refractivity contribution < 1.29 is 9.90 Å². The van der Waals surface area contributed by atoms with E-state index in [4.69, 9.17) is 5.11 Å². The number of aryl methyl sites for hydroxylation is 1. The van der Waals surface area contributed by atoms with Gasteiger partial charge in [-0.15, -0.1) is 0 Å². The van der Waals surface area contributed by atoms with Gasteiger partial charge in [-0.1, -0.05) is 18.2 Å². The van der Waals surface area contributed by atoms with Gasteiger partial charge in [-0.2, -0.15) is 5.10 Å². The number of carbonyl (C=O) groups is 1. The summed E-state index contributed by atoms with van der Waals surface area (Å²) < 4.78 is 1.80. The van der Waals surface area contributed by atoms with Crippen LogP contribution in [0.5, 0.6) is 0 Å². The number of nitrogens with zero attached hydrogens (tertiary/aromatic N) is 2. The zero-order valence-corrected chi connectivity index (χ0v) is 11.5. The molecule has 2 aromatic rings. The summed E-state index contributed by atoms with van der Waals surface area (Å²) in [6.45, 7) is 1.73. The highest BCUT2D eigenvalue weighted by atomic mass is 16.3. The lowest BCUT2D eigenvalue weighted by Crippen LogP contribution is -2.35. The van der Waals surface area contributed by atoms with Crippen molar-refractivity contribution in [2.24, 2.45) is 0 Å². The van der Waals surface area contributed by atoms with Crippen molar-refractivity contribution in [1.29, 1.82) is 0 Å². The fraction of sp³-hybridized carbons (Fsp3) is 0.333. The molecular weight excluding hydrogens is 254 g/mol. The van der Waals surface area contributed by atoms with Gasteiger partial charge in [0.05, 0.1) is 18.5 Å². The van der Waals surface area contributed by atoms with Gasteiger partial charge in [0.1, 0.15) is 0 Å². The molecule has 0 aliphatic heterocycles. The number of amides is 1. The third kappa shape index (κ3) is 3.93. The largest absolute Gasteiger partial charge is 0.394 e. The van der Waals surface area contributed by atoms with Crippen LogP contribution in [0.3, 0.4) is 0 Å². The van der Waals surface area contributed by atoms with E-state index in [2.05, 4.69) is 10.4 Å². The summed E-state index contributed by atoms with van der Waals surface area (Å²) in [5.41, 5.74) is 2.01. The number of aliphatic hydroxyl groups excluding tert-OH is 1. The first-order valence-corrected chi connectivity index (χ1v) is 6.68. The topological polar surface area (TPSA) is 67.2 Å². The third-order valence-corrected chi connectivity index (χ3v) is 2.98. The minimum Gasteiger partial charge on any atom is -0.394 e. The highest BCUT2D eigenvalue weighted by Gasteiger charge is 2.07. The van der Waals surface area contributed by atoms with Crippen molar-refractivity contribution in [3.63, 3.8) is 0 Å². The van der Waals surface area contributed by atoms with Crippen LogP contribution in [0.25, 0.3) is 5.69 Å². The summed E-state index contributed by atoms with van der Waals surface area (Å²) in [7, 11) is 0. The lowest BCUT2D eigenvalue weighted by atomic mass is 10.2. The number of hydrogen-bond acceptors (Lipinski definition) is 3. The lowest BCUT2D eigenvalue weighted by Gasteiger charge is -2.09. The molecular formula is C15H19N3O2. The number of hydrogen-bond donors (Lipinski definition) is 2. The van der Waals surface area contributed by atoms with Gasteiger partial charge in [-0.25, -0.2) is 4.68 Å². The molecule has 20 heavy (non-hydrogen) atoms. The van der Waals surface area contributed by atoms with Crippen LogP contribution in [0.4, 0.5) is 0 Å². The van der Waals surface area contributed by atoms with Crippen molar-refractivity contribution in [2.45, 2.75) is 25.8 Å². The molecule has 1 heterocycles. The van der Waals surface area contributed by atoms with Gasteiger partial charge < -0.3 is 10.4 Å². The fourth-order valence-electron chi connectivity index (χ4n) is 1.86. The summed E-state index contributed by atoms with van der Waals surface area (Å²) in [5.74, 6) is -0.0565. The quantitative estimate of drug-likeness (QED) is 0.833. The maximum Gasteiger partial charge on any atom is 0.220 e. The second-order valence-electron chi connectivity index (χ2n) is 4.78. The Hall–Kier alpha value is -2.14. The number of rotatable bonds is 6. The van der Waals surface area contributed by atoms with Crippen LogP contribution >= 0.6 is 0 Å². The number of nitrogens with one attached hydrogen (secondary N) is 1. The molecule has 0 saturated carbocycles. The Labute approximate surface area is 118 Å². The Morgan fingerprint density at radius 2 is 2.15 bits per heavy atom. The van der Waals surface area contributed by atoms with E-state index in [0.717, 1.165) is 11.3 Å². The minimum absolute atomic E-state index is 0.0440. The highest BCUT2D eigenvalue weighted by molar-refractivity contribution is 5.76. The van der Waals surface area contributed by atoms with Gasteiger partial charge in [-0.05, 0) is 31.0 Å². The Bertz CT molecular complexity index is 551. The van der Waals surface area contributed by atoms with Gasteiger partial charge in [0.15, 0.2) is 0 Å². The molecule has 0 spiro atoms. The van der Waals surface area contributed by atoms with Crippen molar-refractivity contribution in [3.05, 3.63) is 48.3 Å². The zero-order chi connectivity index (χ0) is 14.4. The molecule has 2 rings (SSSR count). The molecule has 5 heteroatoms. The van der Waals surface area contributed by atoms with Gasteiger partial charge in [-0.3, -0.25) is 4.79 Å². The highest BCUT2D eigenvalue weighted by Crippen LogP contribution is 2.09. The monoisotopic (exact) mass is 273 g/mol. The Morgan fingerprint density at radius 3 is 2.85 bits per heavy atom. The van der Waals surface area contributed by atoms with E-state index < -0.39 is 0 Å². The maximum atomic E-state index is 11.6. The molecule has 1 amide bonds. The maximum absolute atomic E-state index is 11.6. The molecule has 0 aliphatic carbocycles. The van der Waals surface area contributed by atoms with E-state index in [1.807, 2.05) is 36.5 Å². The molecule has 1 unspecified atom stereocenters. The number of carbonyl (C=O) groups excluding carboxylic acids is 1. The zero-order valence-electron chi connectivity index (χ0n) is 11.5. The van der Waals surface area contributed by atoms with Crippen LogP contribution in [-0.4, -0.2) is 33.4 Å². The predicted octanol–water partition coefficient (Wildman–Crippen LogP) is 1.30. The van der Waals surface area contributed by atoms with E-state index in [1.54, 1.807) is 17.8 Å². The molecule has 1 aromatic heterocycles. The second kappa shape index (κ2) is 6.86. The van der Waals surface area contributed by atoms with Crippen molar-refractivity contribution >= 4 is 5.91 Å². The molecule has 1 atom stereocenters. The van der Waals surface area contributed by atoms with E-state index in [0.29, 0.717) is 12.8 Å². The number of benzene rings is 1. The molecule has 0 fully saturated rings. The van der Waals surface area contributed by atoms with Gasteiger partial charge in [0.25, 0.3) is 0 Å². The summed E-state index contributed by atoms with van der Waals surface area (Å²) in [5, 5.41) is 15.9. The average Bonchev–Trinajstić information content (AvgIpc) is 2.95. The number of aliphatic hydroxyl groups is 1. The van der Waals surface area contributed by atoms with E-state index in [-0.39, 0.29) is 18.6 Å². The fourth-order valence-corrected chi connectivity index (χ4v) is 1.86. The predicted molar refractivity (Wildman–Crippen MR) is 76.6 cm³/mol. The normalized spacial score (nSPS) is 12.1. The van der Waals surface area contributed by atoms with E-state index in [9.17, 15) is 4.79 Å². The van der Waals surface area contributed by atoms with Crippen molar-refractivity contribution in [3.8, 4) is 5.69 Å². The van der Waals surface area contributed by atoms with Gasteiger partial charge in [0, 0.05) is 18.7 Å². The van der Waals surface area contributed by atoms with Crippen molar-refractivity contribution in [1.82, 2.24) is 15.1 Å². The molecule has 0 aliphatic rings. The lowest BCUT2D eigenvalue weighted by molar-refractivity contribution is -0.121. The Kier molecular flexibility index (Phi) is 4.90. The molecule has 1 aromatic carbocycles. The van der Waals surface area contributed by atoms with E-state index >= 15 is 0 Å². The molecule has 106 valence electrons. The van der Waals surface area contributed by atoms with Crippen LogP contribution < -0.4 is 5.32 Å². The first-order valence-electron chi connectivity index (χ1n) is 6.68. The summed E-state index contributed by atoms with van der Waals surface area (Å²) >= 11 is 0. The van der Waals surface area contributed by atoms with Crippen LogP contribution in [0, 0.1) is 0 Å². The SMILES string of the molecule is CC(CO)NC(=O)CCc1cnn(-c2ccccc2)c1. The first-order chi connectivity index (χ1) is 9.69. The summed E-state index contributed by atoms with van der Waals surface area (Å²) in [6, 6.07) is 9.63. The first kappa shape index (κ1) is 14.3. The molecule has 5 nitrogen and oxygen atoms in total. The van der Waals surface area contributed by atoms with Crippen molar-refractivity contribution in [2.75, 3.05) is 6.61 Å². The molecule has 0 radical (unpaired) electrons. The van der Waals surface area contributed by atoms with Gasteiger partial charge >= 0.3 is 0 Å². The Balaban J connectivity index is 1.89. The summed E-state index contributed by atoms with van der Waals surface area (Å²) in [4.78, 5) is 11.6. The van der Waals surface area contributed by atoms with Crippen LogP contribution in [0.2, 0.25) is 0 Å². The standard InChI is InChI=1S/C15H19N3O2/c1-12(11-19)17-15(20)8-7-13-9-16-18(10-13)14-5-3-2-4-6-14/h2-6,9-10,12,19H,7-8,11H2,1H3,(H,17,20). The van der Waals surface area contributed by atoms with Crippen LogP contribution in [0.1, 0.15) is 18.9 Å². The molecule has 0 bridgehead atoms. The Morgan fingerprint density at radius 1 is 1.40 bits per heavy atom. The van der Waals surface area contributed by atoms with Crippen LogP contribution in [0.15, 0.2) is 42.7 Å². The smallest absolute Gasteiger partial charge is 0.220 e. The second-order valence-corrected chi connectivity index (χ2v) is 4.78. The third-order valence-electron chi connectivity index (χ3n) is 2.98. The molecule has 0 saturated heterocycles. The molecule has 2 N–H and O–H groups in total. The summed E-state index contributed by atoms with van der Waals surface area (Å²) in [6.07, 6.45) is 4.73. The number of para-hydroxylation sites is 1. The average molecular weight is 273 g/mol.